The Hall–Kier alpha value is -1.58. The quantitative estimate of drug-likeness (QED) is 0.791. The first-order valence-corrected chi connectivity index (χ1v) is 7.18. The maximum absolute atomic E-state index is 3.94. The molecule has 2 rings (SSSR count). The lowest BCUT2D eigenvalue weighted by Gasteiger charge is -2.04. The van der Waals surface area contributed by atoms with E-state index in [0.29, 0.717) is 6.71 Å². The molecule has 0 N–H and O–H groups in total. The lowest BCUT2D eigenvalue weighted by Crippen LogP contribution is -2.22. The van der Waals surface area contributed by atoms with Gasteiger partial charge in [0.15, 0.2) is 6.71 Å². The van der Waals surface area contributed by atoms with Crippen molar-refractivity contribution < 1.29 is 0 Å². The minimum Gasteiger partial charge on any atom is -0.248 e. The summed E-state index contributed by atoms with van der Waals surface area (Å²) in [5.41, 5.74) is 2.63. The highest BCUT2D eigenvalue weighted by molar-refractivity contribution is 6.70. The van der Waals surface area contributed by atoms with E-state index < -0.39 is 0 Å². The first-order chi connectivity index (χ1) is 9.25. The standard InChI is InChI=1S/C11H14BN3.2C2H6/c1-12(2)11-5-3-10(4-6-11)9-15-8-7-13-14-15;2*1-2/h3-8H,9H2,1-2H3;2*1-2H3. The molecular formula is C15H26BN3. The van der Waals surface area contributed by atoms with Crippen LogP contribution in [0.15, 0.2) is 36.7 Å². The molecule has 0 fully saturated rings. The largest absolute Gasteiger partial charge is 0.248 e. The van der Waals surface area contributed by atoms with Crippen LogP contribution in [0.4, 0.5) is 0 Å². The van der Waals surface area contributed by atoms with Gasteiger partial charge in [0.1, 0.15) is 0 Å². The van der Waals surface area contributed by atoms with Gasteiger partial charge in [-0.1, -0.05) is 76.3 Å². The number of benzene rings is 1. The summed E-state index contributed by atoms with van der Waals surface area (Å²) < 4.78 is 1.82. The van der Waals surface area contributed by atoms with E-state index in [9.17, 15) is 0 Å². The van der Waals surface area contributed by atoms with Crippen LogP contribution < -0.4 is 5.46 Å². The van der Waals surface area contributed by atoms with Crippen molar-refractivity contribution in [3.8, 4) is 0 Å². The van der Waals surface area contributed by atoms with Gasteiger partial charge in [0.25, 0.3) is 0 Å². The summed E-state index contributed by atoms with van der Waals surface area (Å²) >= 11 is 0. The molecular weight excluding hydrogens is 233 g/mol. The molecule has 0 saturated heterocycles. The van der Waals surface area contributed by atoms with Gasteiger partial charge in [-0.05, 0) is 5.56 Å². The fourth-order valence-electron chi connectivity index (χ4n) is 1.51. The third-order valence-electron chi connectivity index (χ3n) is 2.46. The lowest BCUT2D eigenvalue weighted by molar-refractivity contribution is 0.650. The zero-order chi connectivity index (χ0) is 14.7. The molecule has 0 atom stereocenters. The molecule has 1 aromatic heterocycles. The molecule has 1 heterocycles. The number of rotatable bonds is 3. The second-order valence-corrected chi connectivity index (χ2v) is 4.00. The molecule has 3 nitrogen and oxygen atoms in total. The molecule has 0 spiro atoms. The van der Waals surface area contributed by atoms with Crippen molar-refractivity contribution in [2.24, 2.45) is 0 Å². The van der Waals surface area contributed by atoms with Crippen LogP contribution in [0.3, 0.4) is 0 Å². The van der Waals surface area contributed by atoms with Gasteiger partial charge in [0.05, 0.1) is 12.7 Å². The maximum Gasteiger partial charge on any atom is 0.169 e. The molecule has 0 bridgehead atoms. The van der Waals surface area contributed by atoms with Crippen molar-refractivity contribution in [1.29, 1.82) is 0 Å². The van der Waals surface area contributed by atoms with Gasteiger partial charge in [-0.25, -0.2) is 4.68 Å². The highest BCUT2D eigenvalue weighted by Crippen LogP contribution is 2.00. The first kappa shape index (κ1) is 17.4. The Morgan fingerprint density at radius 3 is 2.00 bits per heavy atom. The highest BCUT2D eigenvalue weighted by atomic mass is 15.4. The Balaban J connectivity index is 0.000000741. The average Bonchev–Trinajstić information content (AvgIpc) is 2.97. The van der Waals surface area contributed by atoms with Crippen LogP contribution in [0.1, 0.15) is 33.3 Å². The van der Waals surface area contributed by atoms with Crippen LogP contribution in [-0.4, -0.2) is 21.7 Å². The minimum atomic E-state index is 0.588. The SMILES string of the molecule is CB(C)c1ccc(Cn2ccnn2)cc1.CC.CC. The van der Waals surface area contributed by atoms with Crippen molar-refractivity contribution in [1.82, 2.24) is 15.0 Å². The number of nitrogens with zero attached hydrogens (tertiary/aromatic N) is 3. The summed E-state index contributed by atoms with van der Waals surface area (Å²) in [6, 6.07) is 8.65. The number of hydrogen-bond acceptors (Lipinski definition) is 2. The van der Waals surface area contributed by atoms with Gasteiger partial charge in [-0.2, -0.15) is 0 Å². The molecule has 0 aliphatic rings. The summed E-state index contributed by atoms with van der Waals surface area (Å²) in [6.45, 7) is 13.8. The van der Waals surface area contributed by atoms with E-state index in [1.54, 1.807) is 6.20 Å². The molecule has 0 aliphatic carbocycles. The Morgan fingerprint density at radius 2 is 1.58 bits per heavy atom. The van der Waals surface area contributed by atoms with Crippen LogP contribution in [-0.2, 0) is 6.54 Å². The molecule has 0 amide bonds. The average molecular weight is 259 g/mol. The molecule has 0 unspecified atom stereocenters. The van der Waals surface area contributed by atoms with Gasteiger partial charge in [0, 0.05) is 6.20 Å². The Bertz CT molecular complexity index is 407. The topological polar surface area (TPSA) is 30.7 Å². The minimum absolute atomic E-state index is 0.588. The first-order valence-electron chi connectivity index (χ1n) is 7.18. The van der Waals surface area contributed by atoms with Crippen LogP contribution in [0.25, 0.3) is 0 Å². The molecule has 19 heavy (non-hydrogen) atoms. The molecule has 2 aromatic rings. The fourth-order valence-corrected chi connectivity index (χ4v) is 1.51. The summed E-state index contributed by atoms with van der Waals surface area (Å²) in [4.78, 5) is 0. The van der Waals surface area contributed by atoms with Crippen LogP contribution in [0, 0.1) is 0 Å². The van der Waals surface area contributed by atoms with E-state index in [4.69, 9.17) is 0 Å². The predicted molar refractivity (Wildman–Crippen MR) is 85.4 cm³/mol. The van der Waals surface area contributed by atoms with E-state index >= 15 is 0 Å². The summed E-state index contributed by atoms with van der Waals surface area (Å²) in [5, 5.41) is 7.71. The molecule has 4 heteroatoms. The van der Waals surface area contributed by atoms with Crippen LogP contribution in [0.5, 0.6) is 0 Å². The second kappa shape index (κ2) is 10.4. The zero-order valence-corrected chi connectivity index (χ0v) is 13.1. The molecule has 0 radical (unpaired) electrons. The number of aromatic nitrogens is 3. The van der Waals surface area contributed by atoms with Crippen molar-refractivity contribution in [2.75, 3.05) is 0 Å². The highest BCUT2D eigenvalue weighted by Gasteiger charge is 2.02. The fraction of sp³-hybridized carbons (Fsp3) is 0.467. The maximum atomic E-state index is 3.94. The zero-order valence-electron chi connectivity index (χ0n) is 13.1. The molecule has 1 aromatic carbocycles. The Morgan fingerprint density at radius 1 is 1.00 bits per heavy atom. The Kier molecular flexibility index (Phi) is 9.50. The normalized spacial score (nSPS) is 8.74. The van der Waals surface area contributed by atoms with Gasteiger partial charge in [-0.15, -0.1) is 5.10 Å². The smallest absolute Gasteiger partial charge is 0.169 e. The van der Waals surface area contributed by atoms with Crippen molar-refractivity contribution in [2.45, 2.75) is 47.9 Å². The van der Waals surface area contributed by atoms with Crippen LogP contribution >= 0.6 is 0 Å². The van der Waals surface area contributed by atoms with E-state index in [1.165, 1.54) is 11.0 Å². The van der Waals surface area contributed by atoms with E-state index in [0.717, 1.165) is 6.54 Å². The third kappa shape index (κ3) is 6.23. The summed E-state index contributed by atoms with van der Waals surface area (Å²) in [7, 11) is 0. The van der Waals surface area contributed by atoms with Crippen molar-refractivity contribution in [3.63, 3.8) is 0 Å². The van der Waals surface area contributed by atoms with Crippen molar-refractivity contribution >= 4 is 12.2 Å². The van der Waals surface area contributed by atoms with Gasteiger partial charge in [0.2, 0.25) is 0 Å². The number of hydrogen-bond donors (Lipinski definition) is 0. The van der Waals surface area contributed by atoms with Crippen LogP contribution in [0.2, 0.25) is 13.6 Å². The molecule has 0 saturated carbocycles. The van der Waals surface area contributed by atoms with Crippen molar-refractivity contribution in [3.05, 3.63) is 42.2 Å². The Labute approximate surface area is 118 Å². The summed E-state index contributed by atoms with van der Waals surface area (Å²) in [6.07, 6.45) is 3.57. The lowest BCUT2D eigenvalue weighted by atomic mass is 9.49. The van der Waals surface area contributed by atoms with Gasteiger partial charge >= 0.3 is 0 Å². The van der Waals surface area contributed by atoms with Gasteiger partial charge in [-0.3, -0.25) is 0 Å². The molecule has 104 valence electrons. The molecule has 0 aliphatic heterocycles. The predicted octanol–water partition coefficient (Wildman–Crippen LogP) is 3.34. The monoisotopic (exact) mass is 259 g/mol. The van der Waals surface area contributed by atoms with Gasteiger partial charge < -0.3 is 0 Å². The summed E-state index contributed by atoms with van der Waals surface area (Å²) in [5.74, 6) is 0. The van der Waals surface area contributed by atoms with E-state index in [1.807, 2.05) is 38.6 Å². The van der Waals surface area contributed by atoms with E-state index in [2.05, 4.69) is 48.2 Å². The second-order valence-electron chi connectivity index (χ2n) is 4.00. The third-order valence-corrected chi connectivity index (χ3v) is 2.46. The van der Waals surface area contributed by atoms with E-state index in [-0.39, 0.29) is 0 Å².